The molecule has 10 heteroatoms. The van der Waals surface area contributed by atoms with Crippen molar-refractivity contribution in [2.75, 3.05) is 36.8 Å². The second-order valence-electron chi connectivity index (χ2n) is 7.49. The summed E-state index contributed by atoms with van der Waals surface area (Å²) in [6.07, 6.45) is 3.53. The summed E-state index contributed by atoms with van der Waals surface area (Å²) in [4.78, 5) is 9.07. The molecule has 0 unspecified atom stereocenters. The fourth-order valence-electron chi connectivity index (χ4n) is 3.50. The Morgan fingerprint density at radius 3 is 1.44 bits per heavy atom. The van der Waals surface area contributed by atoms with E-state index in [1.54, 1.807) is 12.4 Å². The van der Waals surface area contributed by atoms with Gasteiger partial charge in [0.25, 0.3) is 0 Å². The highest BCUT2D eigenvalue weighted by Gasteiger charge is 2.18. The number of nitrogens with one attached hydrogen (secondary N) is 2. The molecule has 0 atom stereocenters. The number of benzene rings is 2. The van der Waals surface area contributed by atoms with Crippen molar-refractivity contribution >= 4 is 47.4 Å². The largest absolute Gasteiger partial charge is 0.352 e. The lowest BCUT2D eigenvalue weighted by Crippen LogP contribution is -2.14. The topological polar surface area (TPSA) is 101 Å². The van der Waals surface area contributed by atoms with Crippen LogP contribution in [0.1, 0.15) is 11.1 Å². The van der Waals surface area contributed by atoms with Gasteiger partial charge in [0.1, 0.15) is 11.4 Å². The average molecular weight is 495 g/mol. The van der Waals surface area contributed by atoms with Crippen molar-refractivity contribution in [1.82, 2.24) is 10.3 Å². The van der Waals surface area contributed by atoms with Gasteiger partial charge in [0.15, 0.2) is 0 Å². The molecule has 0 fully saturated rings. The molecule has 2 aromatic carbocycles. The predicted molar refractivity (Wildman–Crippen MR) is 136 cm³/mol. The molecule has 3 heterocycles. The van der Waals surface area contributed by atoms with Crippen LogP contribution in [0.5, 0.6) is 0 Å². The third-order valence-corrected chi connectivity index (χ3v) is 5.69. The van der Waals surface area contributed by atoms with Crippen molar-refractivity contribution in [3.8, 4) is 22.5 Å². The Bertz CT molecular complexity index is 1220. The average Bonchev–Trinajstić information content (AvgIpc) is 3.44. The highest BCUT2D eigenvalue weighted by molar-refractivity contribution is 6.31. The first-order valence-corrected chi connectivity index (χ1v) is 11.4. The molecular weight excluding hydrogens is 475 g/mol. The van der Waals surface area contributed by atoms with E-state index < -0.39 is 0 Å². The van der Waals surface area contributed by atoms with E-state index in [2.05, 4.69) is 30.9 Å². The van der Waals surface area contributed by atoms with Crippen LogP contribution in [-0.4, -0.2) is 48.9 Å². The second kappa shape index (κ2) is 10.1. The maximum Gasteiger partial charge on any atom is 0.234 e. The molecule has 0 saturated heterocycles. The van der Waals surface area contributed by atoms with Gasteiger partial charge in [-0.2, -0.15) is 0 Å². The fraction of sp³-hybridized carbons (Fsp3) is 0.167. The SMILES string of the molecule is Clc1ccc(-c2noc3c2C=NCCN=Cc2c(-c4ccc(Cl)cc4)noc2NCCN3)cc1. The number of nitrogens with zero attached hydrogens (tertiary/aromatic N) is 4. The molecule has 0 bridgehead atoms. The molecule has 0 spiro atoms. The molecule has 1 aliphatic heterocycles. The summed E-state index contributed by atoms with van der Waals surface area (Å²) in [7, 11) is 0. The van der Waals surface area contributed by atoms with Gasteiger partial charge >= 0.3 is 0 Å². The van der Waals surface area contributed by atoms with Gasteiger partial charge in [0.05, 0.1) is 24.2 Å². The van der Waals surface area contributed by atoms with Crippen LogP contribution >= 0.6 is 23.2 Å². The lowest BCUT2D eigenvalue weighted by atomic mass is 10.1. The summed E-state index contributed by atoms with van der Waals surface area (Å²) in [5, 5.41) is 16.4. The van der Waals surface area contributed by atoms with Crippen LogP contribution in [0, 0.1) is 0 Å². The minimum absolute atomic E-state index is 0.492. The maximum absolute atomic E-state index is 6.02. The third kappa shape index (κ3) is 4.83. The molecule has 2 N–H and O–H groups in total. The Morgan fingerprint density at radius 2 is 1.03 bits per heavy atom. The predicted octanol–water partition coefficient (Wildman–Crippen LogP) is 5.68. The van der Waals surface area contributed by atoms with Crippen LogP contribution in [0.4, 0.5) is 11.8 Å². The number of aliphatic imine (C=N–C) groups is 2. The zero-order valence-corrected chi connectivity index (χ0v) is 19.5. The standard InChI is InChI=1S/C24H20Cl2N6O2/c25-17-5-1-15(2-6-17)21-19-13-27-9-10-28-14-20-22(16-3-7-18(26)8-4-16)32-34-24(20)30-12-11-29-23(19)33-31-21/h1-8,13-14,29-30H,9-12H2. The van der Waals surface area contributed by atoms with E-state index in [0.29, 0.717) is 59.4 Å². The third-order valence-electron chi connectivity index (χ3n) is 5.19. The van der Waals surface area contributed by atoms with Crippen LogP contribution in [0.3, 0.4) is 0 Å². The normalized spacial score (nSPS) is 13.9. The van der Waals surface area contributed by atoms with Gasteiger partial charge in [0.2, 0.25) is 11.8 Å². The van der Waals surface area contributed by atoms with Crippen LogP contribution in [0.15, 0.2) is 67.6 Å². The molecular formula is C24H20Cl2N6O2. The van der Waals surface area contributed by atoms with Crippen LogP contribution < -0.4 is 10.6 Å². The first-order chi connectivity index (χ1) is 16.7. The van der Waals surface area contributed by atoms with Crippen molar-refractivity contribution in [2.45, 2.75) is 0 Å². The van der Waals surface area contributed by atoms with E-state index in [1.165, 1.54) is 0 Å². The van der Waals surface area contributed by atoms with Gasteiger partial charge in [0, 0.05) is 46.7 Å². The fourth-order valence-corrected chi connectivity index (χ4v) is 3.75. The maximum atomic E-state index is 6.02. The Morgan fingerprint density at radius 1 is 0.618 bits per heavy atom. The van der Waals surface area contributed by atoms with E-state index in [0.717, 1.165) is 22.3 Å². The quantitative estimate of drug-likeness (QED) is 0.371. The van der Waals surface area contributed by atoms with E-state index in [-0.39, 0.29) is 0 Å². The Kier molecular flexibility index (Phi) is 6.60. The highest BCUT2D eigenvalue weighted by Crippen LogP contribution is 2.30. The molecule has 0 aliphatic carbocycles. The summed E-state index contributed by atoms with van der Waals surface area (Å²) in [5.74, 6) is 1.08. The number of fused-ring (bicyclic) bond motifs is 2. The highest BCUT2D eigenvalue weighted by atomic mass is 35.5. The summed E-state index contributed by atoms with van der Waals surface area (Å²) in [6, 6.07) is 14.9. The zero-order chi connectivity index (χ0) is 23.3. The number of hydrogen-bond donors (Lipinski definition) is 2. The van der Waals surface area contributed by atoms with Gasteiger partial charge in [-0.15, -0.1) is 0 Å². The molecule has 34 heavy (non-hydrogen) atoms. The Hall–Kier alpha value is -3.62. The molecule has 0 saturated carbocycles. The van der Waals surface area contributed by atoms with Gasteiger partial charge in [-0.3, -0.25) is 9.98 Å². The molecule has 172 valence electrons. The van der Waals surface area contributed by atoms with Crippen LogP contribution in [0.25, 0.3) is 22.5 Å². The number of hydrogen-bond acceptors (Lipinski definition) is 8. The van der Waals surface area contributed by atoms with Gasteiger partial charge < -0.3 is 19.7 Å². The number of aromatic nitrogens is 2. The van der Waals surface area contributed by atoms with E-state index >= 15 is 0 Å². The molecule has 0 amide bonds. The minimum atomic E-state index is 0.492. The van der Waals surface area contributed by atoms with E-state index in [9.17, 15) is 0 Å². The van der Waals surface area contributed by atoms with E-state index in [4.69, 9.17) is 32.2 Å². The number of rotatable bonds is 2. The van der Waals surface area contributed by atoms with Gasteiger partial charge in [-0.05, 0) is 24.3 Å². The molecule has 0 radical (unpaired) electrons. The summed E-state index contributed by atoms with van der Waals surface area (Å²) in [6.45, 7) is 2.07. The molecule has 2 aromatic heterocycles. The minimum Gasteiger partial charge on any atom is -0.352 e. The van der Waals surface area contributed by atoms with Crippen molar-refractivity contribution < 1.29 is 9.05 Å². The molecule has 8 nitrogen and oxygen atoms in total. The van der Waals surface area contributed by atoms with Crippen LogP contribution in [0.2, 0.25) is 10.0 Å². The van der Waals surface area contributed by atoms with Crippen molar-refractivity contribution in [3.63, 3.8) is 0 Å². The van der Waals surface area contributed by atoms with E-state index in [1.807, 2.05) is 48.5 Å². The summed E-state index contributed by atoms with van der Waals surface area (Å²) < 4.78 is 11.2. The first kappa shape index (κ1) is 22.2. The number of anilines is 2. The first-order valence-electron chi connectivity index (χ1n) is 10.7. The monoisotopic (exact) mass is 494 g/mol. The van der Waals surface area contributed by atoms with Gasteiger partial charge in [-0.25, -0.2) is 0 Å². The molecule has 5 rings (SSSR count). The molecule has 1 aliphatic rings. The molecule has 4 aromatic rings. The summed E-state index contributed by atoms with van der Waals surface area (Å²) in [5.41, 5.74) is 4.71. The number of halogens is 2. The Balaban J connectivity index is 1.40. The van der Waals surface area contributed by atoms with Crippen LogP contribution in [-0.2, 0) is 0 Å². The Labute approximate surface area is 205 Å². The lowest BCUT2D eigenvalue weighted by Gasteiger charge is -2.06. The van der Waals surface area contributed by atoms with Crippen molar-refractivity contribution in [2.24, 2.45) is 9.98 Å². The lowest BCUT2D eigenvalue weighted by molar-refractivity contribution is 0.432. The zero-order valence-electron chi connectivity index (χ0n) is 18.0. The van der Waals surface area contributed by atoms with Crippen molar-refractivity contribution in [3.05, 3.63) is 69.7 Å². The second-order valence-corrected chi connectivity index (χ2v) is 8.36. The van der Waals surface area contributed by atoms with Gasteiger partial charge in [-0.1, -0.05) is 57.8 Å². The smallest absolute Gasteiger partial charge is 0.234 e. The summed E-state index contributed by atoms with van der Waals surface area (Å²) >= 11 is 12.0. The van der Waals surface area contributed by atoms with Crippen molar-refractivity contribution in [1.29, 1.82) is 0 Å².